The van der Waals surface area contributed by atoms with E-state index in [-0.39, 0.29) is 5.91 Å². The molecule has 2 aromatic rings. The van der Waals surface area contributed by atoms with Crippen molar-refractivity contribution in [1.29, 1.82) is 0 Å². The number of carbonyl (C=O) groups excluding carboxylic acids is 1. The van der Waals surface area contributed by atoms with Crippen molar-refractivity contribution in [3.63, 3.8) is 0 Å². The zero-order chi connectivity index (χ0) is 15.4. The van der Waals surface area contributed by atoms with Crippen LogP contribution >= 0.6 is 0 Å². The summed E-state index contributed by atoms with van der Waals surface area (Å²) in [6.45, 7) is 1.23. The van der Waals surface area contributed by atoms with Gasteiger partial charge in [-0.2, -0.15) is 0 Å². The summed E-state index contributed by atoms with van der Waals surface area (Å²) in [5.41, 5.74) is 1.96. The molecule has 1 amide bonds. The second-order valence-electron chi connectivity index (χ2n) is 5.26. The van der Waals surface area contributed by atoms with Crippen LogP contribution in [-0.2, 0) is 11.4 Å². The molecule has 114 valence electrons. The van der Waals surface area contributed by atoms with Crippen LogP contribution < -0.4 is 14.4 Å². The number of rotatable bonds is 5. The maximum atomic E-state index is 11.9. The molecule has 22 heavy (non-hydrogen) atoms. The van der Waals surface area contributed by atoms with Crippen LogP contribution in [0, 0.1) is 0 Å². The van der Waals surface area contributed by atoms with Crippen molar-refractivity contribution in [2.45, 2.75) is 19.4 Å². The Morgan fingerprint density at radius 1 is 1.09 bits per heavy atom. The number of hydrogen-bond donors (Lipinski definition) is 0. The van der Waals surface area contributed by atoms with E-state index in [2.05, 4.69) is 0 Å². The first-order chi connectivity index (χ1) is 10.8. The summed E-state index contributed by atoms with van der Waals surface area (Å²) in [6.07, 6.45) is 1.53. The van der Waals surface area contributed by atoms with Gasteiger partial charge in [0, 0.05) is 24.7 Å². The van der Waals surface area contributed by atoms with Crippen molar-refractivity contribution in [2.24, 2.45) is 0 Å². The van der Waals surface area contributed by atoms with Crippen LogP contribution in [0.4, 0.5) is 5.69 Å². The first-order valence-electron chi connectivity index (χ1n) is 7.43. The van der Waals surface area contributed by atoms with E-state index in [1.807, 2.05) is 48.5 Å². The van der Waals surface area contributed by atoms with Gasteiger partial charge in [-0.15, -0.1) is 0 Å². The number of hydrogen-bond acceptors (Lipinski definition) is 3. The standard InChI is InChI=1S/C18H19NO3/c1-21-16-10-9-15(19-11-5-8-18(19)20)12-17(16)22-13-14-6-3-2-4-7-14/h2-4,6-7,9-10,12H,5,8,11,13H2,1H3. The highest BCUT2D eigenvalue weighted by Gasteiger charge is 2.22. The molecule has 1 aliphatic heterocycles. The van der Waals surface area contributed by atoms with Gasteiger partial charge in [-0.1, -0.05) is 30.3 Å². The zero-order valence-electron chi connectivity index (χ0n) is 12.6. The van der Waals surface area contributed by atoms with Gasteiger partial charge in [-0.3, -0.25) is 4.79 Å². The van der Waals surface area contributed by atoms with Gasteiger partial charge in [-0.05, 0) is 24.1 Å². The van der Waals surface area contributed by atoms with E-state index in [0.29, 0.717) is 24.5 Å². The summed E-state index contributed by atoms with van der Waals surface area (Å²) in [5, 5.41) is 0. The molecule has 0 bridgehead atoms. The molecule has 0 N–H and O–H groups in total. The minimum absolute atomic E-state index is 0.166. The van der Waals surface area contributed by atoms with Crippen molar-refractivity contribution in [1.82, 2.24) is 0 Å². The highest BCUT2D eigenvalue weighted by Crippen LogP contribution is 2.33. The molecule has 1 fully saturated rings. The van der Waals surface area contributed by atoms with Crippen LogP contribution in [-0.4, -0.2) is 19.6 Å². The minimum atomic E-state index is 0.166. The quantitative estimate of drug-likeness (QED) is 0.849. The summed E-state index contributed by atoms with van der Waals surface area (Å²) in [7, 11) is 1.62. The van der Waals surface area contributed by atoms with Gasteiger partial charge in [0.25, 0.3) is 0 Å². The summed E-state index contributed by atoms with van der Waals surface area (Å²) in [6, 6.07) is 15.6. The van der Waals surface area contributed by atoms with Gasteiger partial charge in [0.2, 0.25) is 5.91 Å². The molecule has 0 saturated carbocycles. The predicted octanol–water partition coefficient (Wildman–Crippen LogP) is 3.40. The van der Waals surface area contributed by atoms with Crippen LogP contribution in [0.2, 0.25) is 0 Å². The van der Waals surface area contributed by atoms with Crippen LogP contribution in [0.3, 0.4) is 0 Å². The molecule has 0 aliphatic carbocycles. The third-order valence-corrected chi connectivity index (χ3v) is 3.77. The Labute approximate surface area is 130 Å². The number of ether oxygens (including phenoxy) is 2. The summed E-state index contributed by atoms with van der Waals surface area (Å²) >= 11 is 0. The van der Waals surface area contributed by atoms with E-state index in [1.54, 1.807) is 12.0 Å². The van der Waals surface area contributed by atoms with Gasteiger partial charge in [0.05, 0.1) is 7.11 Å². The van der Waals surface area contributed by atoms with E-state index in [4.69, 9.17) is 9.47 Å². The van der Waals surface area contributed by atoms with Gasteiger partial charge in [0.1, 0.15) is 6.61 Å². The highest BCUT2D eigenvalue weighted by molar-refractivity contribution is 5.95. The molecule has 4 heteroatoms. The Hall–Kier alpha value is -2.49. The second-order valence-corrected chi connectivity index (χ2v) is 5.26. The normalized spacial score (nSPS) is 14.2. The highest BCUT2D eigenvalue weighted by atomic mass is 16.5. The summed E-state index contributed by atoms with van der Waals surface area (Å²) in [5.74, 6) is 1.49. The first kappa shape index (κ1) is 14.4. The Morgan fingerprint density at radius 3 is 2.59 bits per heavy atom. The topological polar surface area (TPSA) is 38.8 Å². The van der Waals surface area contributed by atoms with E-state index < -0.39 is 0 Å². The lowest BCUT2D eigenvalue weighted by atomic mass is 10.2. The van der Waals surface area contributed by atoms with Crippen molar-refractivity contribution in [3.8, 4) is 11.5 Å². The van der Waals surface area contributed by atoms with Crippen LogP contribution in [0.15, 0.2) is 48.5 Å². The van der Waals surface area contributed by atoms with E-state index in [1.165, 1.54) is 0 Å². The number of carbonyl (C=O) groups is 1. The smallest absolute Gasteiger partial charge is 0.227 e. The fraction of sp³-hybridized carbons (Fsp3) is 0.278. The number of benzene rings is 2. The maximum absolute atomic E-state index is 11.9. The molecule has 3 rings (SSSR count). The molecule has 0 spiro atoms. The molecule has 1 heterocycles. The van der Waals surface area contributed by atoms with E-state index in [9.17, 15) is 4.79 Å². The number of anilines is 1. The Balaban J connectivity index is 1.80. The lowest BCUT2D eigenvalue weighted by Gasteiger charge is -2.18. The Kier molecular flexibility index (Phi) is 4.28. The number of nitrogens with zero attached hydrogens (tertiary/aromatic N) is 1. The lowest BCUT2D eigenvalue weighted by Crippen LogP contribution is -2.23. The summed E-state index contributed by atoms with van der Waals surface area (Å²) < 4.78 is 11.2. The Morgan fingerprint density at radius 2 is 1.91 bits per heavy atom. The fourth-order valence-electron chi connectivity index (χ4n) is 2.60. The van der Waals surface area contributed by atoms with Crippen molar-refractivity contribution in [3.05, 3.63) is 54.1 Å². The maximum Gasteiger partial charge on any atom is 0.227 e. The van der Waals surface area contributed by atoms with Crippen LogP contribution in [0.1, 0.15) is 18.4 Å². The molecule has 0 radical (unpaired) electrons. The number of methoxy groups -OCH3 is 1. The van der Waals surface area contributed by atoms with Gasteiger partial charge in [0.15, 0.2) is 11.5 Å². The first-order valence-corrected chi connectivity index (χ1v) is 7.43. The number of amides is 1. The van der Waals surface area contributed by atoms with E-state index >= 15 is 0 Å². The molecular weight excluding hydrogens is 278 g/mol. The SMILES string of the molecule is COc1ccc(N2CCCC2=O)cc1OCc1ccccc1. The van der Waals surface area contributed by atoms with Crippen molar-refractivity contribution < 1.29 is 14.3 Å². The zero-order valence-corrected chi connectivity index (χ0v) is 12.6. The molecule has 2 aromatic carbocycles. The fourth-order valence-corrected chi connectivity index (χ4v) is 2.60. The Bertz CT molecular complexity index is 655. The molecular formula is C18H19NO3. The van der Waals surface area contributed by atoms with Gasteiger partial charge < -0.3 is 14.4 Å². The van der Waals surface area contributed by atoms with Gasteiger partial charge >= 0.3 is 0 Å². The van der Waals surface area contributed by atoms with E-state index in [0.717, 1.165) is 24.2 Å². The average Bonchev–Trinajstić information content (AvgIpc) is 2.99. The third-order valence-electron chi connectivity index (χ3n) is 3.77. The third kappa shape index (κ3) is 3.06. The van der Waals surface area contributed by atoms with Crippen LogP contribution in [0.25, 0.3) is 0 Å². The predicted molar refractivity (Wildman–Crippen MR) is 85.4 cm³/mol. The molecule has 1 saturated heterocycles. The molecule has 0 unspecified atom stereocenters. The van der Waals surface area contributed by atoms with Crippen LogP contribution in [0.5, 0.6) is 11.5 Å². The largest absolute Gasteiger partial charge is 0.493 e. The molecule has 0 atom stereocenters. The minimum Gasteiger partial charge on any atom is -0.493 e. The molecule has 0 aromatic heterocycles. The summed E-state index contributed by atoms with van der Waals surface area (Å²) in [4.78, 5) is 13.7. The molecule has 1 aliphatic rings. The average molecular weight is 297 g/mol. The lowest BCUT2D eigenvalue weighted by molar-refractivity contribution is -0.117. The monoisotopic (exact) mass is 297 g/mol. The van der Waals surface area contributed by atoms with Crippen molar-refractivity contribution >= 4 is 11.6 Å². The molecule has 4 nitrogen and oxygen atoms in total. The second kappa shape index (κ2) is 6.52. The van der Waals surface area contributed by atoms with Crippen molar-refractivity contribution in [2.75, 3.05) is 18.6 Å². The van der Waals surface area contributed by atoms with Gasteiger partial charge in [-0.25, -0.2) is 0 Å².